The highest BCUT2D eigenvalue weighted by Gasteiger charge is 2.32. The van der Waals surface area contributed by atoms with Gasteiger partial charge in [0.15, 0.2) is 11.7 Å². The smallest absolute Gasteiger partial charge is 0.404 e. The first-order valence-electron chi connectivity index (χ1n) is 5.86. The summed E-state index contributed by atoms with van der Waals surface area (Å²) < 4.78 is 40.5. The van der Waals surface area contributed by atoms with Gasteiger partial charge < -0.3 is 15.8 Å². The standard InChI is InChI=1S/C12H14F3N3O.HI/c13-12(14,15)19-10-4-2-1-3-9(10)18-11(16)17-7-8-5-6-8;/h1-4,8H,5-7H2,(H3,16,17,18);1H. The van der Waals surface area contributed by atoms with E-state index < -0.39 is 6.36 Å². The second kappa shape index (κ2) is 7.00. The zero-order valence-corrected chi connectivity index (χ0v) is 12.8. The van der Waals surface area contributed by atoms with Crippen molar-refractivity contribution in [3.8, 4) is 5.75 Å². The van der Waals surface area contributed by atoms with E-state index in [0.717, 1.165) is 12.8 Å². The normalized spacial score (nSPS) is 15.4. The Morgan fingerprint density at radius 2 is 2.00 bits per heavy atom. The van der Waals surface area contributed by atoms with Gasteiger partial charge in [-0.05, 0) is 30.9 Å². The Morgan fingerprint density at radius 3 is 2.60 bits per heavy atom. The summed E-state index contributed by atoms with van der Waals surface area (Å²) in [7, 11) is 0. The molecule has 0 aromatic heterocycles. The van der Waals surface area contributed by atoms with Crippen LogP contribution in [0.3, 0.4) is 0 Å². The van der Waals surface area contributed by atoms with E-state index in [2.05, 4.69) is 15.0 Å². The Labute approximate surface area is 131 Å². The number of alkyl halides is 3. The molecule has 3 N–H and O–H groups in total. The molecule has 0 unspecified atom stereocenters. The molecule has 4 nitrogen and oxygen atoms in total. The summed E-state index contributed by atoms with van der Waals surface area (Å²) >= 11 is 0. The molecule has 112 valence electrons. The van der Waals surface area contributed by atoms with E-state index in [1.54, 1.807) is 6.07 Å². The molecule has 0 bridgehead atoms. The van der Waals surface area contributed by atoms with Crippen molar-refractivity contribution in [2.75, 3.05) is 11.9 Å². The van der Waals surface area contributed by atoms with Crippen molar-refractivity contribution in [1.29, 1.82) is 0 Å². The van der Waals surface area contributed by atoms with Crippen LogP contribution in [-0.4, -0.2) is 18.9 Å². The van der Waals surface area contributed by atoms with Crippen molar-refractivity contribution in [2.45, 2.75) is 19.2 Å². The third-order valence-corrected chi connectivity index (χ3v) is 2.59. The summed E-state index contributed by atoms with van der Waals surface area (Å²) in [5.74, 6) is 0.312. The first-order chi connectivity index (χ1) is 8.94. The van der Waals surface area contributed by atoms with Gasteiger partial charge in [-0.3, -0.25) is 4.99 Å². The summed E-state index contributed by atoms with van der Waals surface area (Å²) in [6.45, 7) is 0.598. The molecule has 1 aliphatic carbocycles. The van der Waals surface area contributed by atoms with Gasteiger partial charge in [0.25, 0.3) is 0 Å². The number of rotatable bonds is 4. The van der Waals surface area contributed by atoms with Crippen LogP contribution >= 0.6 is 24.0 Å². The van der Waals surface area contributed by atoms with Gasteiger partial charge in [-0.2, -0.15) is 0 Å². The fourth-order valence-electron chi connectivity index (χ4n) is 1.49. The molecule has 0 aliphatic heterocycles. The second-order valence-corrected chi connectivity index (χ2v) is 4.34. The molecule has 1 aromatic rings. The molecule has 1 aromatic carbocycles. The third kappa shape index (κ3) is 5.85. The Hall–Kier alpha value is -1.19. The minimum Gasteiger partial charge on any atom is -0.404 e. The van der Waals surface area contributed by atoms with Crippen LogP contribution in [0.4, 0.5) is 18.9 Å². The van der Waals surface area contributed by atoms with E-state index in [1.165, 1.54) is 18.2 Å². The third-order valence-electron chi connectivity index (χ3n) is 2.59. The number of hydrogen-bond donors (Lipinski definition) is 2. The average Bonchev–Trinajstić information content (AvgIpc) is 3.11. The number of benzene rings is 1. The fraction of sp³-hybridized carbons (Fsp3) is 0.417. The van der Waals surface area contributed by atoms with Crippen molar-refractivity contribution in [2.24, 2.45) is 16.6 Å². The summed E-state index contributed by atoms with van der Waals surface area (Å²) in [5, 5.41) is 2.62. The molecule has 1 saturated carbocycles. The Balaban J connectivity index is 0.00000200. The monoisotopic (exact) mass is 401 g/mol. The van der Waals surface area contributed by atoms with E-state index >= 15 is 0 Å². The zero-order valence-electron chi connectivity index (χ0n) is 10.5. The van der Waals surface area contributed by atoms with Gasteiger partial charge in [-0.1, -0.05) is 12.1 Å². The molecule has 0 saturated heterocycles. The highest BCUT2D eigenvalue weighted by Crippen LogP contribution is 2.30. The maximum absolute atomic E-state index is 12.2. The minimum atomic E-state index is -4.74. The quantitative estimate of drug-likeness (QED) is 0.462. The SMILES string of the molecule is I.NC(=NCC1CC1)Nc1ccccc1OC(F)(F)F. The van der Waals surface area contributed by atoms with Crippen molar-refractivity contribution >= 4 is 35.6 Å². The fourth-order valence-corrected chi connectivity index (χ4v) is 1.49. The van der Waals surface area contributed by atoms with E-state index in [-0.39, 0.29) is 41.4 Å². The minimum absolute atomic E-state index is 0. The van der Waals surface area contributed by atoms with Gasteiger partial charge in [0.05, 0.1) is 5.69 Å². The lowest BCUT2D eigenvalue weighted by atomic mass is 10.3. The van der Waals surface area contributed by atoms with Crippen LogP contribution < -0.4 is 15.8 Å². The maximum Gasteiger partial charge on any atom is 0.573 e. The highest BCUT2D eigenvalue weighted by molar-refractivity contribution is 14.0. The van der Waals surface area contributed by atoms with Gasteiger partial charge in [-0.25, -0.2) is 0 Å². The van der Waals surface area contributed by atoms with Gasteiger partial charge >= 0.3 is 6.36 Å². The lowest BCUT2D eigenvalue weighted by Crippen LogP contribution is -2.24. The van der Waals surface area contributed by atoms with E-state index in [9.17, 15) is 13.2 Å². The Bertz CT molecular complexity index is 475. The second-order valence-electron chi connectivity index (χ2n) is 4.34. The predicted molar refractivity (Wildman–Crippen MR) is 81.4 cm³/mol. The van der Waals surface area contributed by atoms with Crippen LogP contribution in [0, 0.1) is 5.92 Å². The molecule has 8 heteroatoms. The number of nitrogens with one attached hydrogen (secondary N) is 1. The van der Waals surface area contributed by atoms with Crippen molar-refractivity contribution in [3.05, 3.63) is 24.3 Å². The lowest BCUT2D eigenvalue weighted by molar-refractivity contribution is -0.274. The number of halogens is 4. The number of hydrogen-bond acceptors (Lipinski definition) is 2. The van der Waals surface area contributed by atoms with Crippen LogP contribution in [0.5, 0.6) is 5.75 Å². The molecule has 0 spiro atoms. The molecule has 0 heterocycles. The van der Waals surface area contributed by atoms with E-state index in [4.69, 9.17) is 5.73 Å². The molecule has 2 rings (SSSR count). The van der Waals surface area contributed by atoms with Crippen molar-refractivity contribution < 1.29 is 17.9 Å². The molecule has 0 amide bonds. The van der Waals surface area contributed by atoms with Crippen LogP contribution in [0.2, 0.25) is 0 Å². The van der Waals surface area contributed by atoms with E-state index in [0.29, 0.717) is 12.5 Å². The molecular formula is C12H15F3IN3O. The molecule has 0 radical (unpaired) electrons. The van der Waals surface area contributed by atoms with Gasteiger partial charge in [0.1, 0.15) is 0 Å². The van der Waals surface area contributed by atoms with Gasteiger partial charge in [-0.15, -0.1) is 37.1 Å². The summed E-state index contributed by atoms with van der Waals surface area (Å²) in [5.41, 5.74) is 5.75. The lowest BCUT2D eigenvalue weighted by Gasteiger charge is -2.14. The van der Waals surface area contributed by atoms with Crippen molar-refractivity contribution in [1.82, 2.24) is 0 Å². The first-order valence-corrected chi connectivity index (χ1v) is 5.86. The summed E-state index contributed by atoms with van der Waals surface area (Å²) in [6, 6.07) is 5.69. The Morgan fingerprint density at radius 1 is 1.35 bits per heavy atom. The number of para-hydroxylation sites is 2. The van der Waals surface area contributed by atoms with Crippen LogP contribution in [-0.2, 0) is 0 Å². The number of aliphatic imine (C=N–C) groups is 1. The average molecular weight is 401 g/mol. The highest BCUT2D eigenvalue weighted by atomic mass is 127. The molecule has 1 aliphatic rings. The molecule has 0 atom stereocenters. The number of nitrogens with zero attached hydrogens (tertiary/aromatic N) is 1. The maximum atomic E-state index is 12.2. The number of anilines is 1. The number of nitrogens with two attached hydrogens (primary N) is 1. The predicted octanol–water partition coefficient (Wildman–Crippen LogP) is 3.34. The largest absolute Gasteiger partial charge is 0.573 e. The first kappa shape index (κ1) is 16.9. The molecule has 20 heavy (non-hydrogen) atoms. The van der Waals surface area contributed by atoms with Crippen molar-refractivity contribution in [3.63, 3.8) is 0 Å². The summed E-state index contributed by atoms with van der Waals surface area (Å²) in [4.78, 5) is 4.07. The van der Waals surface area contributed by atoms with E-state index in [1.807, 2.05) is 0 Å². The van der Waals surface area contributed by atoms with Crippen LogP contribution in [0.25, 0.3) is 0 Å². The van der Waals surface area contributed by atoms with Crippen LogP contribution in [0.1, 0.15) is 12.8 Å². The molecular weight excluding hydrogens is 386 g/mol. The zero-order chi connectivity index (χ0) is 13.9. The van der Waals surface area contributed by atoms with Gasteiger partial charge in [0.2, 0.25) is 0 Å². The van der Waals surface area contributed by atoms with Crippen LogP contribution in [0.15, 0.2) is 29.3 Å². The topological polar surface area (TPSA) is 59.6 Å². The summed E-state index contributed by atoms with van der Waals surface area (Å²) in [6.07, 6.45) is -2.48. The number of ether oxygens (including phenoxy) is 1. The Kier molecular flexibility index (Phi) is 5.90. The van der Waals surface area contributed by atoms with Gasteiger partial charge in [0, 0.05) is 6.54 Å². The molecule has 1 fully saturated rings. The number of guanidine groups is 1.